The Morgan fingerprint density at radius 2 is 1.62 bits per heavy atom. The van der Waals surface area contributed by atoms with Crippen molar-refractivity contribution < 1.29 is 4.74 Å². The number of aliphatic imine (C=N–C) groups is 1. The van der Waals surface area contributed by atoms with Crippen LogP contribution in [0, 0.1) is 0 Å². The first-order valence-electron chi connectivity index (χ1n) is 9.18. The van der Waals surface area contributed by atoms with Crippen molar-refractivity contribution in [1.29, 1.82) is 0 Å². The number of nitrogens with zero attached hydrogens (tertiary/aromatic N) is 1. The molecule has 0 fully saturated rings. The van der Waals surface area contributed by atoms with Crippen LogP contribution in [-0.2, 0) is 6.42 Å². The van der Waals surface area contributed by atoms with Gasteiger partial charge in [0.25, 0.3) is 0 Å². The first-order chi connectivity index (χ1) is 11.8. The van der Waals surface area contributed by atoms with E-state index < -0.39 is 0 Å². The molecule has 2 heteroatoms. The predicted molar refractivity (Wildman–Crippen MR) is 104 cm³/mol. The van der Waals surface area contributed by atoms with Gasteiger partial charge >= 0.3 is 0 Å². The quantitative estimate of drug-likeness (QED) is 0.369. The third kappa shape index (κ3) is 6.19. The van der Waals surface area contributed by atoms with E-state index in [0.29, 0.717) is 0 Å². The van der Waals surface area contributed by atoms with Crippen LogP contribution in [0.2, 0.25) is 0 Å². The van der Waals surface area contributed by atoms with Crippen LogP contribution < -0.4 is 4.74 Å². The van der Waals surface area contributed by atoms with E-state index in [1.54, 1.807) is 0 Å². The maximum atomic E-state index is 5.90. The maximum absolute atomic E-state index is 5.90. The van der Waals surface area contributed by atoms with Gasteiger partial charge in [-0.15, -0.1) is 0 Å². The molecule has 0 N–H and O–H groups in total. The van der Waals surface area contributed by atoms with Crippen molar-refractivity contribution in [1.82, 2.24) is 0 Å². The average molecular weight is 323 g/mol. The molecule has 0 unspecified atom stereocenters. The highest BCUT2D eigenvalue weighted by molar-refractivity contribution is 5.85. The van der Waals surface area contributed by atoms with E-state index in [0.717, 1.165) is 36.4 Å². The highest BCUT2D eigenvalue weighted by Crippen LogP contribution is 2.19. The summed E-state index contributed by atoms with van der Waals surface area (Å²) in [7, 11) is 0. The minimum Gasteiger partial charge on any atom is -0.493 e. The fourth-order valence-electron chi connectivity index (χ4n) is 2.53. The Morgan fingerprint density at radius 3 is 2.38 bits per heavy atom. The van der Waals surface area contributed by atoms with Crippen molar-refractivity contribution in [3.05, 3.63) is 59.7 Å². The standard InChI is InChI=1S/C22H29NO/c1-3-5-9-17-24-22-12-8-7-11-20(22)18-23-21-15-13-19(14-16-21)10-6-4-2/h7-8,11-16,18H,3-6,9-10,17H2,1-2H3. The smallest absolute Gasteiger partial charge is 0.128 e. The van der Waals surface area contributed by atoms with Crippen molar-refractivity contribution in [3.63, 3.8) is 0 Å². The molecule has 0 heterocycles. The Labute approximate surface area is 146 Å². The van der Waals surface area contributed by atoms with E-state index in [2.05, 4.69) is 43.1 Å². The molecular formula is C22H29NO. The normalized spacial score (nSPS) is 11.1. The summed E-state index contributed by atoms with van der Waals surface area (Å²) in [5.41, 5.74) is 3.40. The van der Waals surface area contributed by atoms with Gasteiger partial charge in [0.2, 0.25) is 0 Å². The van der Waals surface area contributed by atoms with E-state index in [1.807, 2.05) is 30.5 Å². The average Bonchev–Trinajstić information content (AvgIpc) is 2.63. The largest absolute Gasteiger partial charge is 0.493 e. The Balaban J connectivity index is 1.98. The van der Waals surface area contributed by atoms with Crippen LogP contribution in [0.3, 0.4) is 0 Å². The highest BCUT2D eigenvalue weighted by atomic mass is 16.5. The van der Waals surface area contributed by atoms with Crippen LogP contribution in [0.15, 0.2) is 53.5 Å². The summed E-state index contributed by atoms with van der Waals surface area (Å²) in [6, 6.07) is 16.6. The van der Waals surface area contributed by atoms with Crippen LogP contribution in [0.4, 0.5) is 5.69 Å². The van der Waals surface area contributed by atoms with Crippen molar-refractivity contribution in [2.75, 3.05) is 6.61 Å². The van der Waals surface area contributed by atoms with Gasteiger partial charge in [0.1, 0.15) is 5.75 Å². The van der Waals surface area contributed by atoms with E-state index >= 15 is 0 Å². The van der Waals surface area contributed by atoms with Crippen molar-refractivity contribution in [2.24, 2.45) is 4.99 Å². The minimum absolute atomic E-state index is 0.769. The molecule has 0 atom stereocenters. The van der Waals surface area contributed by atoms with Gasteiger partial charge in [0.05, 0.1) is 12.3 Å². The zero-order chi connectivity index (χ0) is 17.0. The summed E-state index contributed by atoms with van der Waals surface area (Å²) < 4.78 is 5.90. The molecule has 0 aliphatic rings. The molecule has 0 saturated carbocycles. The van der Waals surface area contributed by atoms with Crippen molar-refractivity contribution >= 4 is 11.9 Å². The summed E-state index contributed by atoms with van der Waals surface area (Å²) in [5, 5.41) is 0. The van der Waals surface area contributed by atoms with Gasteiger partial charge in [-0.2, -0.15) is 0 Å². The number of para-hydroxylation sites is 1. The molecule has 0 spiro atoms. The fourth-order valence-corrected chi connectivity index (χ4v) is 2.53. The molecule has 2 aromatic carbocycles. The van der Waals surface area contributed by atoms with Crippen LogP contribution in [0.5, 0.6) is 5.75 Å². The van der Waals surface area contributed by atoms with Crippen molar-refractivity contribution in [3.8, 4) is 5.75 Å². The fraction of sp³-hybridized carbons (Fsp3) is 0.409. The van der Waals surface area contributed by atoms with Gasteiger partial charge in [-0.3, -0.25) is 4.99 Å². The molecule has 0 aliphatic carbocycles. The second-order valence-corrected chi connectivity index (χ2v) is 6.12. The topological polar surface area (TPSA) is 21.6 Å². The molecule has 0 aromatic heterocycles. The molecule has 24 heavy (non-hydrogen) atoms. The Bertz CT molecular complexity index is 616. The van der Waals surface area contributed by atoms with E-state index in [9.17, 15) is 0 Å². The minimum atomic E-state index is 0.769. The Kier molecular flexibility index (Phi) is 8.09. The molecule has 2 nitrogen and oxygen atoms in total. The SMILES string of the molecule is CCCCCOc1ccccc1C=Nc1ccc(CCCC)cc1. The van der Waals surface area contributed by atoms with Gasteiger partial charge in [0, 0.05) is 11.8 Å². The summed E-state index contributed by atoms with van der Waals surface area (Å²) >= 11 is 0. The first kappa shape index (κ1) is 18.3. The Morgan fingerprint density at radius 1 is 0.875 bits per heavy atom. The second kappa shape index (κ2) is 10.6. The third-order valence-corrected chi connectivity index (χ3v) is 4.03. The van der Waals surface area contributed by atoms with Gasteiger partial charge in [0.15, 0.2) is 0 Å². The summed E-state index contributed by atoms with van der Waals surface area (Å²) in [6.45, 7) is 5.19. The van der Waals surface area contributed by atoms with Gasteiger partial charge < -0.3 is 4.74 Å². The van der Waals surface area contributed by atoms with Crippen LogP contribution in [0.1, 0.15) is 57.1 Å². The maximum Gasteiger partial charge on any atom is 0.128 e. The molecule has 0 saturated heterocycles. The van der Waals surface area contributed by atoms with E-state index in [1.165, 1.54) is 31.2 Å². The molecular weight excluding hydrogens is 294 g/mol. The lowest BCUT2D eigenvalue weighted by Crippen LogP contribution is -1.99. The summed E-state index contributed by atoms with van der Waals surface area (Å²) in [6.07, 6.45) is 9.04. The monoisotopic (exact) mass is 323 g/mol. The molecule has 0 radical (unpaired) electrons. The molecule has 2 aromatic rings. The first-order valence-corrected chi connectivity index (χ1v) is 9.18. The number of unbranched alkanes of at least 4 members (excludes halogenated alkanes) is 3. The number of rotatable bonds is 10. The number of aryl methyl sites for hydroxylation is 1. The van der Waals surface area contributed by atoms with Crippen molar-refractivity contribution in [2.45, 2.75) is 52.4 Å². The summed E-state index contributed by atoms with van der Waals surface area (Å²) in [5.74, 6) is 0.914. The molecule has 0 amide bonds. The lowest BCUT2D eigenvalue weighted by Gasteiger charge is -2.08. The number of benzene rings is 2. The second-order valence-electron chi connectivity index (χ2n) is 6.12. The van der Waals surface area contributed by atoms with Gasteiger partial charge in [-0.05, 0) is 49.1 Å². The zero-order valence-corrected chi connectivity index (χ0v) is 15.0. The van der Waals surface area contributed by atoms with Gasteiger partial charge in [-0.1, -0.05) is 57.4 Å². The molecule has 128 valence electrons. The number of hydrogen-bond acceptors (Lipinski definition) is 2. The van der Waals surface area contributed by atoms with E-state index in [4.69, 9.17) is 4.74 Å². The van der Waals surface area contributed by atoms with Crippen LogP contribution in [-0.4, -0.2) is 12.8 Å². The number of hydrogen-bond donors (Lipinski definition) is 0. The highest BCUT2D eigenvalue weighted by Gasteiger charge is 2.00. The number of ether oxygens (including phenoxy) is 1. The predicted octanol–water partition coefficient (Wildman–Crippen LogP) is 6.35. The molecule has 0 bridgehead atoms. The molecule has 2 rings (SSSR count). The van der Waals surface area contributed by atoms with E-state index in [-0.39, 0.29) is 0 Å². The molecule has 0 aliphatic heterocycles. The van der Waals surface area contributed by atoms with Gasteiger partial charge in [-0.25, -0.2) is 0 Å². The zero-order valence-electron chi connectivity index (χ0n) is 15.0. The van der Waals surface area contributed by atoms with Crippen LogP contribution in [0.25, 0.3) is 0 Å². The lowest BCUT2D eigenvalue weighted by atomic mass is 10.1. The lowest BCUT2D eigenvalue weighted by molar-refractivity contribution is 0.306. The van der Waals surface area contributed by atoms with Crippen LogP contribution >= 0.6 is 0 Å². The summed E-state index contributed by atoms with van der Waals surface area (Å²) in [4.78, 5) is 4.60. The Hall–Kier alpha value is -2.09. The third-order valence-electron chi connectivity index (χ3n) is 4.03.